The summed E-state index contributed by atoms with van der Waals surface area (Å²) in [5, 5.41) is 5.67. The van der Waals surface area contributed by atoms with E-state index in [1.807, 2.05) is 0 Å². The van der Waals surface area contributed by atoms with Gasteiger partial charge in [0.05, 0.1) is 17.6 Å². The van der Waals surface area contributed by atoms with Crippen molar-refractivity contribution in [1.29, 1.82) is 0 Å². The number of alkyl carbamates (subject to hydrolysis) is 1. The van der Waals surface area contributed by atoms with E-state index in [-0.39, 0.29) is 17.0 Å². The summed E-state index contributed by atoms with van der Waals surface area (Å²) in [5.41, 5.74) is 1.05. The normalized spacial score (nSPS) is 18.2. The first-order valence-electron chi connectivity index (χ1n) is 10.8. The number of ether oxygens (including phenoxy) is 1. The number of amides is 3. The van der Waals surface area contributed by atoms with Gasteiger partial charge in [-0.3, -0.25) is 14.9 Å². The number of rotatable bonds is 5. The van der Waals surface area contributed by atoms with Crippen LogP contribution in [-0.2, 0) is 32.4 Å². The van der Waals surface area contributed by atoms with Crippen molar-refractivity contribution in [3.8, 4) is 0 Å². The van der Waals surface area contributed by atoms with Crippen molar-refractivity contribution in [2.45, 2.75) is 49.5 Å². The third-order valence-corrected chi connectivity index (χ3v) is 9.34. The molecule has 2 heterocycles. The van der Waals surface area contributed by atoms with Crippen molar-refractivity contribution >= 4 is 55.9 Å². The lowest BCUT2D eigenvalue weighted by Gasteiger charge is -2.23. The van der Waals surface area contributed by atoms with Gasteiger partial charge >= 0.3 is 6.09 Å². The maximum atomic E-state index is 13.3. The zero-order valence-electron chi connectivity index (χ0n) is 18.4. The minimum atomic E-state index is -3.91. The van der Waals surface area contributed by atoms with E-state index in [1.54, 1.807) is 0 Å². The summed E-state index contributed by atoms with van der Waals surface area (Å²) in [5.74, 6) is -1.17. The van der Waals surface area contributed by atoms with E-state index in [9.17, 15) is 22.8 Å². The summed E-state index contributed by atoms with van der Waals surface area (Å²) in [6, 6.07) is 4.88. The van der Waals surface area contributed by atoms with Crippen molar-refractivity contribution in [2.24, 2.45) is 0 Å². The number of hydrogen-bond donors (Lipinski definition) is 2. The molecule has 1 fully saturated rings. The first kappa shape index (κ1) is 24.6. The lowest BCUT2D eigenvalue weighted by Crippen LogP contribution is -2.43. The van der Waals surface area contributed by atoms with Gasteiger partial charge in [0.1, 0.15) is 11.0 Å². The summed E-state index contributed by atoms with van der Waals surface area (Å²) in [6.07, 6.45) is 3.28. The standard InChI is InChI=1S/C22H24ClN3O6S2/c1-32-22(29)25-20(28)18-15-5-2-3-7-17(15)33-21(18)24-19(27)16-6-4-12-26(16)34(30,31)14-10-8-13(23)9-11-14/h8-11,16H,2-7,12H2,1H3,(H,24,27)(H,25,28,29). The molecule has 2 aliphatic rings. The van der Waals surface area contributed by atoms with Gasteiger partial charge in [0.2, 0.25) is 15.9 Å². The highest BCUT2D eigenvalue weighted by molar-refractivity contribution is 7.89. The van der Waals surface area contributed by atoms with Gasteiger partial charge in [-0.1, -0.05) is 11.6 Å². The molecule has 1 aromatic carbocycles. The van der Waals surface area contributed by atoms with E-state index in [0.29, 0.717) is 29.3 Å². The zero-order valence-corrected chi connectivity index (χ0v) is 20.8. The Morgan fingerprint density at radius 2 is 1.82 bits per heavy atom. The molecular weight excluding hydrogens is 502 g/mol. The molecule has 3 amide bonds. The Labute approximate surface area is 206 Å². The maximum Gasteiger partial charge on any atom is 0.413 e. The van der Waals surface area contributed by atoms with E-state index in [4.69, 9.17) is 11.6 Å². The molecular formula is C22H24ClN3O6S2. The van der Waals surface area contributed by atoms with Crippen LogP contribution in [0, 0.1) is 0 Å². The van der Waals surface area contributed by atoms with E-state index >= 15 is 0 Å². The van der Waals surface area contributed by atoms with Crippen molar-refractivity contribution in [1.82, 2.24) is 9.62 Å². The molecule has 12 heteroatoms. The second-order valence-corrected chi connectivity index (χ2v) is 11.5. The average molecular weight is 526 g/mol. The van der Waals surface area contributed by atoms with Crippen LogP contribution in [0.1, 0.15) is 46.5 Å². The number of benzene rings is 1. The SMILES string of the molecule is COC(=O)NC(=O)c1c(NC(=O)C2CCCN2S(=O)(=O)c2ccc(Cl)cc2)sc2c1CCCC2. The fourth-order valence-corrected chi connectivity index (χ4v) is 7.40. The molecule has 2 aromatic rings. The fraction of sp³-hybridized carbons (Fsp3) is 0.409. The van der Waals surface area contributed by atoms with Gasteiger partial charge in [-0.05, 0) is 68.4 Å². The number of imide groups is 1. The van der Waals surface area contributed by atoms with Crippen LogP contribution in [0.2, 0.25) is 5.02 Å². The third-order valence-electron chi connectivity index (χ3n) is 5.96. The molecule has 0 saturated carbocycles. The Balaban J connectivity index is 1.61. The molecule has 1 aliphatic heterocycles. The molecule has 0 spiro atoms. The summed E-state index contributed by atoms with van der Waals surface area (Å²) in [6.45, 7) is 0.208. The number of halogens is 1. The van der Waals surface area contributed by atoms with E-state index < -0.39 is 34.0 Å². The maximum absolute atomic E-state index is 13.3. The van der Waals surface area contributed by atoms with Gasteiger partial charge in [-0.15, -0.1) is 11.3 Å². The number of sulfonamides is 1. The quantitative estimate of drug-likeness (QED) is 0.615. The molecule has 1 saturated heterocycles. The lowest BCUT2D eigenvalue weighted by atomic mass is 9.95. The summed E-state index contributed by atoms with van der Waals surface area (Å²) < 4.78 is 32.1. The molecule has 1 unspecified atom stereocenters. The number of hydrogen-bond acceptors (Lipinski definition) is 7. The van der Waals surface area contributed by atoms with Crippen molar-refractivity contribution in [2.75, 3.05) is 19.0 Å². The molecule has 1 aromatic heterocycles. The van der Waals surface area contributed by atoms with Gasteiger partial charge in [0.15, 0.2) is 0 Å². The second-order valence-electron chi connectivity index (χ2n) is 8.08. The monoisotopic (exact) mass is 525 g/mol. The Bertz CT molecular complexity index is 1230. The molecule has 1 atom stereocenters. The Morgan fingerprint density at radius 1 is 1.12 bits per heavy atom. The van der Waals surface area contributed by atoms with E-state index in [0.717, 1.165) is 36.8 Å². The number of carbonyl (C=O) groups excluding carboxylic acids is 3. The molecule has 1 aliphatic carbocycles. The van der Waals surface area contributed by atoms with Gasteiger partial charge in [-0.2, -0.15) is 4.31 Å². The molecule has 34 heavy (non-hydrogen) atoms. The van der Waals surface area contributed by atoms with Crippen LogP contribution in [0.3, 0.4) is 0 Å². The summed E-state index contributed by atoms with van der Waals surface area (Å²) in [7, 11) is -2.76. The van der Waals surface area contributed by atoms with Crippen LogP contribution in [-0.4, -0.2) is 50.3 Å². The first-order valence-corrected chi connectivity index (χ1v) is 13.5. The number of nitrogens with zero attached hydrogens (tertiary/aromatic N) is 1. The minimum absolute atomic E-state index is 0.0568. The van der Waals surface area contributed by atoms with Crippen molar-refractivity contribution in [3.63, 3.8) is 0 Å². The summed E-state index contributed by atoms with van der Waals surface area (Å²) in [4.78, 5) is 38.8. The van der Waals surface area contributed by atoms with Gasteiger partial charge in [0.25, 0.3) is 5.91 Å². The highest BCUT2D eigenvalue weighted by Crippen LogP contribution is 2.39. The second kappa shape index (κ2) is 10.0. The highest BCUT2D eigenvalue weighted by atomic mass is 35.5. The Kier molecular flexibility index (Phi) is 7.27. The predicted octanol–water partition coefficient (Wildman–Crippen LogP) is 3.57. The van der Waals surface area contributed by atoms with Crippen LogP contribution < -0.4 is 10.6 Å². The molecule has 182 valence electrons. The van der Waals surface area contributed by atoms with Crippen LogP contribution >= 0.6 is 22.9 Å². The van der Waals surface area contributed by atoms with Crippen LogP contribution in [0.25, 0.3) is 0 Å². The van der Waals surface area contributed by atoms with Crippen molar-refractivity contribution < 1.29 is 27.5 Å². The minimum Gasteiger partial charge on any atom is -0.453 e. The summed E-state index contributed by atoms with van der Waals surface area (Å²) >= 11 is 7.17. The van der Waals surface area contributed by atoms with Crippen LogP contribution in [0.15, 0.2) is 29.2 Å². The van der Waals surface area contributed by atoms with Gasteiger partial charge in [-0.25, -0.2) is 13.2 Å². The Hall–Kier alpha value is -2.47. The first-order chi connectivity index (χ1) is 16.2. The topological polar surface area (TPSA) is 122 Å². The third kappa shape index (κ3) is 4.83. The highest BCUT2D eigenvalue weighted by Gasteiger charge is 2.40. The fourth-order valence-electron chi connectivity index (χ4n) is 4.33. The van der Waals surface area contributed by atoms with E-state index in [2.05, 4.69) is 15.4 Å². The molecule has 9 nitrogen and oxygen atoms in total. The number of thiophene rings is 1. The largest absolute Gasteiger partial charge is 0.453 e. The smallest absolute Gasteiger partial charge is 0.413 e. The van der Waals surface area contributed by atoms with E-state index in [1.165, 1.54) is 39.9 Å². The van der Waals surface area contributed by atoms with Crippen LogP contribution in [0.5, 0.6) is 0 Å². The van der Waals surface area contributed by atoms with Gasteiger partial charge < -0.3 is 10.1 Å². The number of nitrogens with one attached hydrogen (secondary N) is 2. The average Bonchev–Trinajstić information content (AvgIpc) is 3.44. The molecule has 0 bridgehead atoms. The van der Waals surface area contributed by atoms with Crippen LogP contribution in [0.4, 0.5) is 9.80 Å². The molecule has 2 N–H and O–H groups in total. The molecule has 4 rings (SSSR count). The number of carbonyl (C=O) groups is 3. The number of aryl methyl sites for hydroxylation is 1. The number of fused-ring (bicyclic) bond motifs is 1. The Morgan fingerprint density at radius 3 is 2.53 bits per heavy atom. The lowest BCUT2D eigenvalue weighted by molar-refractivity contribution is -0.119. The molecule has 0 radical (unpaired) electrons. The van der Waals surface area contributed by atoms with Crippen molar-refractivity contribution in [3.05, 3.63) is 45.3 Å². The predicted molar refractivity (Wildman–Crippen MR) is 128 cm³/mol. The number of anilines is 1. The zero-order chi connectivity index (χ0) is 24.5. The number of methoxy groups -OCH3 is 1. The van der Waals surface area contributed by atoms with Gasteiger partial charge in [0, 0.05) is 16.4 Å².